The third-order valence-corrected chi connectivity index (χ3v) is 4.93. The van der Waals surface area contributed by atoms with Gasteiger partial charge < -0.3 is 17.0 Å². The van der Waals surface area contributed by atoms with E-state index in [9.17, 15) is 5.11 Å². The smallest absolute Gasteiger partial charge is 0.219 e. The van der Waals surface area contributed by atoms with Crippen molar-refractivity contribution in [1.82, 2.24) is 14.4 Å². The molecule has 3 heterocycles. The van der Waals surface area contributed by atoms with Gasteiger partial charge in [0.1, 0.15) is 11.5 Å². The molecule has 0 aliphatic rings. The summed E-state index contributed by atoms with van der Waals surface area (Å²) in [6.07, 6.45) is 4.51. The van der Waals surface area contributed by atoms with Crippen LogP contribution in [0.15, 0.2) is 89.7 Å². The van der Waals surface area contributed by atoms with Crippen LogP contribution in [-0.4, -0.2) is 19.5 Å². The van der Waals surface area contributed by atoms with Crippen molar-refractivity contribution < 1.29 is 42.2 Å². The second-order valence-electron chi connectivity index (χ2n) is 6.93. The number of fused-ring (bicyclic) bond motifs is 1. The summed E-state index contributed by atoms with van der Waals surface area (Å²) in [5.74, 6) is 0.870. The molecule has 0 amide bonds. The monoisotopic (exact) mass is 545 g/mol. The molecule has 0 spiro atoms. The van der Waals surface area contributed by atoms with Crippen LogP contribution in [0.2, 0.25) is 0 Å². The molecule has 0 unspecified atom stereocenters. The predicted molar refractivity (Wildman–Crippen MR) is 140 cm³/mol. The molecule has 0 saturated carbocycles. The van der Waals surface area contributed by atoms with Crippen molar-refractivity contribution in [1.29, 1.82) is 0 Å². The number of aromatic hydroxyl groups is 1. The summed E-state index contributed by atoms with van der Waals surface area (Å²) < 4.78 is 7.16. The largest absolute Gasteiger partial charge is 0.493 e. The van der Waals surface area contributed by atoms with Crippen molar-refractivity contribution in [3.63, 3.8) is 0 Å². The van der Waals surface area contributed by atoms with Gasteiger partial charge in [0.2, 0.25) is 5.88 Å². The number of hydrogen-bond acceptors (Lipinski definition) is 4. The minimum Gasteiger partial charge on any atom is -0.493 e. The Morgan fingerprint density at radius 1 is 0.771 bits per heavy atom. The Kier molecular flexibility index (Phi) is 13.2. The van der Waals surface area contributed by atoms with Crippen molar-refractivity contribution in [2.45, 2.75) is 40.5 Å². The minimum absolute atomic E-state index is 0. The summed E-state index contributed by atoms with van der Waals surface area (Å²) >= 11 is 0. The molecule has 0 saturated heterocycles. The second kappa shape index (κ2) is 15.3. The van der Waals surface area contributed by atoms with E-state index in [2.05, 4.69) is 12.1 Å². The molecule has 0 aliphatic carbocycles. The molecule has 0 fully saturated rings. The molecule has 181 valence electrons. The number of nitrogens with zero attached hydrogens (tertiary/aromatic N) is 3. The third kappa shape index (κ3) is 7.36. The first kappa shape index (κ1) is 30.3. The quantitative estimate of drug-likeness (QED) is 0.234. The van der Waals surface area contributed by atoms with Crippen LogP contribution in [0.1, 0.15) is 50.4 Å². The summed E-state index contributed by atoms with van der Waals surface area (Å²) in [6, 6.07) is 23.8. The fraction of sp³-hybridized carbons (Fsp3) is 0.207. The number of benzene rings is 2. The molecule has 0 aliphatic heterocycles. The van der Waals surface area contributed by atoms with Crippen molar-refractivity contribution in [2.24, 2.45) is 0 Å². The summed E-state index contributed by atoms with van der Waals surface area (Å²) in [5.41, 5.74) is 4.97. The van der Waals surface area contributed by atoms with E-state index in [1.807, 2.05) is 94.6 Å². The zero-order chi connectivity index (χ0) is 23.6. The van der Waals surface area contributed by atoms with Crippen LogP contribution < -0.4 is 0 Å². The van der Waals surface area contributed by atoms with Crippen LogP contribution in [0.4, 0.5) is 0 Å². The second-order valence-corrected chi connectivity index (χ2v) is 6.93. The van der Waals surface area contributed by atoms with Crippen LogP contribution in [-0.2, 0) is 45.6 Å². The molecule has 0 bridgehead atoms. The van der Waals surface area contributed by atoms with Gasteiger partial charge in [0.05, 0.1) is 24.1 Å². The normalized spacial score (nSPS) is 9.60. The standard InChI is InChI=1S/C24H19N3O2.2C2H6.CH3.Y/c28-24-21(15-19-12-7-13-29-19)26-23-20(14-17-8-3-1-4-9-17)25-22(16-27(23)24)18-10-5-2-6-11-18;2*1-2;;/h1-13,16,28H,14-15H2;2*1-2H3;1H3;/q;;;-1;. The maximum Gasteiger partial charge on any atom is 0.219 e. The zero-order valence-corrected chi connectivity index (χ0v) is 24.1. The van der Waals surface area contributed by atoms with Gasteiger partial charge in [-0.15, -0.1) is 0 Å². The van der Waals surface area contributed by atoms with Gasteiger partial charge in [-0.3, -0.25) is 4.40 Å². The molecule has 1 radical (unpaired) electrons. The first-order chi connectivity index (χ1) is 16.3. The topological polar surface area (TPSA) is 63.6 Å². The number of imidazole rings is 1. The Bertz CT molecular complexity index is 1250. The molecule has 6 heteroatoms. The Balaban J connectivity index is 0.000000973. The zero-order valence-electron chi connectivity index (χ0n) is 21.3. The van der Waals surface area contributed by atoms with Crippen molar-refractivity contribution in [2.75, 3.05) is 0 Å². The van der Waals surface area contributed by atoms with E-state index in [0.29, 0.717) is 24.2 Å². The first-order valence-corrected chi connectivity index (χ1v) is 11.5. The minimum atomic E-state index is 0. The first-order valence-electron chi connectivity index (χ1n) is 11.5. The van der Waals surface area contributed by atoms with Crippen LogP contribution in [0.25, 0.3) is 16.9 Å². The molecule has 2 aromatic carbocycles. The van der Waals surface area contributed by atoms with E-state index in [1.54, 1.807) is 10.7 Å². The van der Waals surface area contributed by atoms with E-state index < -0.39 is 0 Å². The van der Waals surface area contributed by atoms with Gasteiger partial charge in [-0.2, -0.15) is 0 Å². The molecular weight excluding hydrogens is 511 g/mol. The molecule has 0 atom stereocenters. The van der Waals surface area contributed by atoms with E-state index in [4.69, 9.17) is 14.4 Å². The van der Waals surface area contributed by atoms with Gasteiger partial charge >= 0.3 is 0 Å². The predicted octanol–water partition coefficient (Wildman–Crippen LogP) is 7.38. The number of rotatable bonds is 5. The Hall–Kier alpha value is -2.76. The third-order valence-electron chi connectivity index (χ3n) is 4.93. The fourth-order valence-corrected chi connectivity index (χ4v) is 3.50. The average Bonchev–Trinajstić information content (AvgIpc) is 3.51. The summed E-state index contributed by atoms with van der Waals surface area (Å²) in [6.45, 7) is 8.00. The van der Waals surface area contributed by atoms with Crippen LogP contribution in [0, 0.1) is 7.43 Å². The molecular formula is C29H34N3O2Y-. The average molecular weight is 546 g/mol. The van der Waals surface area contributed by atoms with Gasteiger partial charge in [-0.1, -0.05) is 88.4 Å². The van der Waals surface area contributed by atoms with E-state index in [1.165, 1.54) is 0 Å². The van der Waals surface area contributed by atoms with E-state index >= 15 is 0 Å². The fourth-order valence-electron chi connectivity index (χ4n) is 3.50. The van der Waals surface area contributed by atoms with Crippen LogP contribution in [0.5, 0.6) is 5.88 Å². The van der Waals surface area contributed by atoms with E-state index in [0.717, 1.165) is 28.3 Å². The Morgan fingerprint density at radius 2 is 1.40 bits per heavy atom. The van der Waals surface area contributed by atoms with Crippen molar-refractivity contribution in [3.8, 4) is 17.1 Å². The maximum absolute atomic E-state index is 10.9. The Labute approximate surface area is 234 Å². The Morgan fingerprint density at radius 3 is 2.00 bits per heavy atom. The van der Waals surface area contributed by atoms with Gasteiger partial charge in [0, 0.05) is 50.9 Å². The molecule has 5 nitrogen and oxygen atoms in total. The van der Waals surface area contributed by atoms with Gasteiger partial charge in [0.25, 0.3) is 0 Å². The summed E-state index contributed by atoms with van der Waals surface area (Å²) in [4.78, 5) is 9.61. The molecule has 3 aromatic heterocycles. The number of furan rings is 1. The molecule has 5 rings (SSSR count). The number of aromatic nitrogens is 3. The summed E-state index contributed by atoms with van der Waals surface area (Å²) in [7, 11) is 0. The van der Waals surface area contributed by atoms with E-state index in [-0.39, 0.29) is 46.0 Å². The van der Waals surface area contributed by atoms with Gasteiger partial charge in [0.15, 0.2) is 5.65 Å². The van der Waals surface area contributed by atoms with Crippen LogP contribution >= 0.6 is 0 Å². The van der Waals surface area contributed by atoms with Crippen molar-refractivity contribution in [3.05, 3.63) is 115 Å². The van der Waals surface area contributed by atoms with Gasteiger partial charge in [-0.05, 0) is 17.7 Å². The maximum atomic E-state index is 10.9. The molecule has 5 aromatic rings. The SMILES string of the molecule is CC.CC.Oc1c(Cc2ccco2)nc2c(Cc3ccccc3)nc(-c3ccccc3)cn12.[CH3-].[Y]. The van der Waals surface area contributed by atoms with Crippen LogP contribution in [0.3, 0.4) is 0 Å². The molecule has 1 N–H and O–H groups in total. The van der Waals surface area contributed by atoms with Crippen molar-refractivity contribution >= 4 is 5.65 Å². The van der Waals surface area contributed by atoms with Gasteiger partial charge in [-0.25, -0.2) is 9.97 Å². The summed E-state index contributed by atoms with van der Waals surface area (Å²) in [5, 5.41) is 10.9. The molecule has 35 heavy (non-hydrogen) atoms. The number of hydrogen-bond donors (Lipinski definition) is 1.